The van der Waals surface area contributed by atoms with Gasteiger partial charge in [0.2, 0.25) is 5.91 Å². The summed E-state index contributed by atoms with van der Waals surface area (Å²) in [5, 5.41) is 8.95. The summed E-state index contributed by atoms with van der Waals surface area (Å²) in [6, 6.07) is 10.7. The second kappa shape index (κ2) is 8.38. The Hall–Kier alpha value is -2.31. The van der Waals surface area contributed by atoms with E-state index in [1.54, 1.807) is 12.1 Å². The average Bonchev–Trinajstić information content (AvgIpc) is 3.31. The zero-order valence-corrected chi connectivity index (χ0v) is 15.1. The summed E-state index contributed by atoms with van der Waals surface area (Å²) in [5.74, 6) is 0.251. The third kappa shape index (κ3) is 4.65. The van der Waals surface area contributed by atoms with Crippen molar-refractivity contribution in [2.75, 3.05) is 6.54 Å². The van der Waals surface area contributed by atoms with Gasteiger partial charge in [0.1, 0.15) is 5.76 Å². The highest BCUT2D eigenvalue weighted by atomic mass is 35.5. The largest absolute Gasteiger partial charge is 0.467 e. The second-order valence-electron chi connectivity index (χ2n) is 6.46. The maximum absolute atomic E-state index is 12.1. The van der Waals surface area contributed by atoms with Crippen LogP contribution in [0.1, 0.15) is 37.0 Å². The molecule has 3 rings (SSSR count). The number of carbonyl (C=O) groups excluding carboxylic acids is 2. The van der Waals surface area contributed by atoms with E-state index in [0.717, 1.165) is 31.2 Å². The topological polar surface area (TPSA) is 83.4 Å². The van der Waals surface area contributed by atoms with Crippen molar-refractivity contribution in [3.05, 3.63) is 59.0 Å². The Kier molecular flexibility index (Phi) is 5.96. The Balaban J connectivity index is 1.51. The van der Waals surface area contributed by atoms with Crippen molar-refractivity contribution in [1.82, 2.24) is 16.0 Å². The summed E-state index contributed by atoms with van der Waals surface area (Å²) < 4.78 is 5.13. The molecule has 1 fully saturated rings. The van der Waals surface area contributed by atoms with Crippen LogP contribution in [-0.2, 0) is 16.9 Å². The molecular formula is C19H22ClN3O3. The summed E-state index contributed by atoms with van der Waals surface area (Å²) in [6.45, 7) is 0.297. The van der Waals surface area contributed by atoms with Gasteiger partial charge in [0.25, 0.3) is 0 Å². The van der Waals surface area contributed by atoms with Crippen LogP contribution in [0.3, 0.4) is 0 Å². The first-order valence-electron chi connectivity index (χ1n) is 8.69. The van der Waals surface area contributed by atoms with Crippen molar-refractivity contribution in [2.45, 2.75) is 37.8 Å². The van der Waals surface area contributed by atoms with E-state index in [4.69, 9.17) is 16.0 Å². The maximum Gasteiger partial charge on any atom is 0.321 e. The summed E-state index contributed by atoms with van der Waals surface area (Å²) in [7, 11) is 0. The molecule has 1 saturated carbocycles. The number of hydrogen-bond acceptors (Lipinski definition) is 4. The Bertz CT molecular complexity index is 738. The molecule has 2 aromatic rings. The average molecular weight is 376 g/mol. The SMILES string of the molecule is O=C(CNC1(c2ccc(Cl)cc2)CCCC1)NC(=O)NCc1ccco1. The first-order valence-corrected chi connectivity index (χ1v) is 9.06. The van der Waals surface area contributed by atoms with Crippen LogP contribution < -0.4 is 16.0 Å². The van der Waals surface area contributed by atoms with E-state index < -0.39 is 6.03 Å². The van der Waals surface area contributed by atoms with Crippen LogP contribution in [0.15, 0.2) is 47.1 Å². The molecule has 1 aromatic heterocycles. The summed E-state index contributed by atoms with van der Waals surface area (Å²) in [4.78, 5) is 23.9. The number of furan rings is 1. The van der Waals surface area contributed by atoms with E-state index in [-0.39, 0.29) is 24.5 Å². The summed E-state index contributed by atoms with van der Waals surface area (Å²) in [5.41, 5.74) is 0.876. The fourth-order valence-corrected chi connectivity index (χ4v) is 3.49. The lowest BCUT2D eigenvalue weighted by molar-refractivity contribution is -0.119. The number of carbonyl (C=O) groups is 2. The van der Waals surface area contributed by atoms with Gasteiger partial charge in [0, 0.05) is 10.6 Å². The molecule has 1 heterocycles. The van der Waals surface area contributed by atoms with Gasteiger partial charge in [0.15, 0.2) is 0 Å². The summed E-state index contributed by atoms with van der Waals surface area (Å²) >= 11 is 5.98. The molecule has 1 aliphatic rings. The zero-order chi connectivity index (χ0) is 18.4. The van der Waals surface area contributed by atoms with E-state index in [1.165, 1.54) is 6.26 Å². The molecule has 1 aliphatic carbocycles. The molecule has 6 nitrogen and oxygen atoms in total. The first kappa shape index (κ1) is 18.5. The van der Waals surface area contributed by atoms with Crippen LogP contribution in [0.25, 0.3) is 0 Å². The Morgan fingerprint density at radius 2 is 1.85 bits per heavy atom. The van der Waals surface area contributed by atoms with E-state index in [0.29, 0.717) is 10.8 Å². The van der Waals surface area contributed by atoms with Crippen molar-refractivity contribution in [3.63, 3.8) is 0 Å². The third-order valence-electron chi connectivity index (χ3n) is 4.70. The molecule has 0 spiro atoms. The van der Waals surface area contributed by atoms with Gasteiger partial charge in [0.05, 0.1) is 19.4 Å². The summed E-state index contributed by atoms with van der Waals surface area (Å²) in [6.07, 6.45) is 5.63. The molecule has 3 amide bonds. The molecule has 0 bridgehead atoms. The van der Waals surface area contributed by atoms with Gasteiger partial charge >= 0.3 is 6.03 Å². The molecule has 7 heteroatoms. The number of halogens is 1. The normalized spacial score (nSPS) is 15.6. The molecule has 1 aromatic carbocycles. The van der Waals surface area contributed by atoms with Crippen LogP contribution in [0.5, 0.6) is 0 Å². The van der Waals surface area contributed by atoms with Gasteiger partial charge in [-0.2, -0.15) is 0 Å². The molecule has 138 valence electrons. The molecule has 0 unspecified atom stereocenters. The fraction of sp³-hybridized carbons (Fsp3) is 0.368. The monoisotopic (exact) mass is 375 g/mol. The molecule has 0 aliphatic heterocycles. The molecule has 3 N–H and O–H groups in total. The highest BCUT2D eigenvalue weighted by Gasteiger charge is 2.35. The van der Waals surface area contributed by atoms with Crippen LogP contribution in [-0.4, -0.2) is 18.5 Å². The molecule has 0 atom stereocenters. The highest BCUT2D eigenvalue weighted by Crippen LogP contribution is 2.38. The third-order valence-corrected chi connectivity index (χ3v) is 4.95. The lowest BCUT2D eigenvalue weighted by atomic mass is 9.88. The minimum Gasteiger partial charge on any atom is -0.467 e. The predicted molar refractivity (Wildman–Crippen MR) is 98.7 cm³/mol. The van der Waals surface area contributed by atoms with Gasteiger partial charge in [-0.25, -0.2) is 4.79 Å². The van der Waals surface area contributed by atoms with Gasteiger partial charge < -0.3 is 9.73 Å². The number of urea groups is 1. The standard InChI is InChI=1S/C19H22ClN3O3/c20-15-7-5-14(6-8-15)19(9-1-2-10-19)22-13-17(24)23-18(25)21-12-16-4-3-11-26-16/h3-8,11,22H,1-2,9-10,12-13H2,(H2,21,23,24,25). The zero-order valence-electron chi connectivity index (χ0n) is 14.4. The first-order chi connectivity index (χ1) is 12.6. The number of nitrogens with one attached hydrogen (secondary N) is 3. The number of imide groups is 1. The van der Waals surface area contributed by atoms with Gasteiger partial charge in [-0.05, 0) is 42.7 Å². The van der Waals surface area contributed by atoms with E-state index in [1.807, 2.05) is 24.3 Å². The van der Waals surface area contributed by atoms with Crippen molar-refractivity contribution >= 4 is 23.5 Å². The lowest BCUT2D eigenvalue weighted by Gasteiger charge is -2.31. The number of hydrogen-bond donors (Lipinski definition) is 3. The van der Waals surface area contributed by atoms with Crippen molar-refractivity contribution in [1.29, 1.82) is 0 Å². The maximum atomic E-state index is 12.1. The number of rotatable bonds is 6. The Morgan fingerprint density at radius 1 is 1.12 bits per heavy atom. The fourth-order valence-electron chi connectivity index (χ4n) is 3.36. The predicted octanol–water partition coefficient (Wildman–Crippen LogP) is 3.32. The second-order valence-corrected chi connectivity index (χ2v) is 6.90. The minimum atomic E-state index is -0.542. The number of amides is 3. The van der Waals surface area contributed by atoms with E-state index in [2.05, 4.69) is 16.0 Å². The van der Waals surface area contributed by atoms with Crippen molar-refractivity contribution in [3.8, 4) is 0 Å². The molecule has 26 heavy (non-hydrogen) atoms. The lowest BCUT2D eigenvalue weighted by Crippen LogP contribution is -2.48. The molecular weight excluding hydrogens is 354 g/mol. The van der Waals surface area contributed by atoms with Crippen LogP contribution in [0, 0.1) is 0 Å². The quantitative estimate of drug-likeness (QED) is 0.723. The van der Waals surface area contributed by atoms with Gasteiger partial charge in [-0.15, -0.1) is 0 Å². The van der Waals surface area contributed by atoms with Crippen molar-refractivity contribution in [2.24, 2.45) is 0 Å². The molecule has 0 saturated heterocycles. The van der Waals surface area contributed by atoms with Gasteiger partial charge in [-0.1, -0.05) is 36.6 Å². The van der Waals surface area contributed by atoms with E-state index >= 15 is 0 Å². The Morgan fingerprint density at radius 3 is 2.50 bits per heavy atom. The van der Waals surface area contributed by atoms with E-state index in [9.17, 15) is 9.59 Å². The Labute approximate surface area is 157 Å². The van der Waals surface area contributed by atoms with Crippen LogP contribution in [0.2, 0.25) is 5.02 Å². The highest BCUT2D eigenvalue weighted by molar-refractivity contribution is 6.30. The number of benzene rings is 1. The smallest absolute Gasteiger partial charge is 0.321 e. The molecule has 0 radical (unpaired) electrons. The van der Waals surface area contributed by atoms with Crippen molar-refractivity contribution < 1.29 is 14.0 Å². The van der Waals surface area contributed by atoms with Gasteiger partial charge in [-0.3, -0.25) is 15.4 Å². The van der Waals surface area contributed by atoms with Crippen LogP contribution >= 0.6 is 11.6 Å². The van der Waals surface area contributed by atoms with Crippen LogP contribution in [0.4, 0.5) is 4.79 Å². The minimum absolute atomic E-state index is 0.0663.